The summed E-state index contributed by atoms with van der Waals surface area (Å²) in [5, 5.41) is 2.73. The summed E-state index contributed by atoms with van der Waals surface area (Å²) in [7, 11) is 0. The molecular formula is C11H19F3N2. The molecule has 2 aliphatic rings. The fourth-order valence-electron chi connectivity index (χ4n) is 2.42. The number of nitrogens with two attached hydrogens (primary N) is 1. The summed E-state index contributed by atoms with van der Waals surface area (Å²) in [5.41, 5.74) is 4.21. The number of hydrogen-bond donors (Lipinski definition) is 2. The second-order valence-corrected chi connectivity index (χ2v) is 5.24. The van der Waals surface area contributed by atoms with Gasteiger partial charge in [-0.15, -0.1) is 0 Å². The highest BCUT2D eigenvalue weighted by molar-refractivity contribution is 5.08. The predicted molar refractivity (Wildman–Crippen MR) is 56.0 cm³/mol. The van der Waals surface area contributed by atoms with Gasteiger partial charge in [0.25, 0.3) is 0 Å². The molecule has 2 aliphatic carbocycles. The lowest BCUT2D eigenvalue weighted by Gasteiger charge is -2.29. The molecule has 0 aliphatic heterocycles. The lowest BCUT2D eigenvalue weighted by atomic mass is 9.86. The van der Waals surface area contributed by atoms with E-state index < -0.39 is 11.7 Å². The Hall–Kier alpha value is -0.290. The van der Waals surface area contributed by atoms with Gasteiger partial charge in [-0.05, 0) is 51.0 Å². The molecule has 0 aromatic heterocycles. The summed E-state index contributed by atoms with van der Waals surface area (Å²) in [5.74, 6) is 0.375. The maximum Gasteiger partial charge on any atom is 0.406 e. The minimum absolute atomic E-state index is 0.239. The first-order valence-electron chi connectivity index (χ1n) is 6.00. The van der Waals surface area contributed by atoms with Gasteiger partial charge in [0.15, 0.2) is 0 Å². The molecule has 94 valence electrons. The van der Waals surface area contributed by atoms with Gasteiger partial charge in [0.2, 0.25) is 0 Å². The molecule has 0 spiro atoms. The number of alkyl halides is 3. The van der Waals surface area contributed by atoms with E-state index in [1.807, 2.05) is 0 Å². The first kappa shape index (κ1) is 12.2. The molecular weight excluding hydrogens is 217 g/mol. The molecule has 3 N–H and O–H groups in total. The van der Waals surface area contributed by atoms with Gasteiger partial charge in [0, 0.05) is 6.04 Å². The molecule has 0 aromatic rings. The van der Waals surface area contributed by atoms with Crippen LogP contribution in [0.5, 0.6) is 0 Å². The Morgan fingerprint density at radius 2 is 1.69 bits per heavy atom. The van der Waals surface area contributed by atoms with Gasteiger partial charge in [-0.3, -0.25) is 0 Å². The van der Waals surface area contributed by atoms with Crippen molar-refractivity contribution in [3.05, 3.63) is 0 Å². The average Bonchev–Trinajstić information content (AvgIpc) is 2.97. The zero-order valence-corrected chi connectivity index (χ0v) is 9.32. The van der Waals surface area contributed by atoms with Gasteiger partial charge in [-0.2, -0.15) is 13.2 Å². The average molecular weight is 236 g/mol. The van der Waals surface area contributed by atoms with Gasteiger partial charge in [-0.25, -0.2) is 0 Å². The first-order chi connectivity index (χ1) is 7.43. The van der Waals surface area contributed by atoms with Crippen molar-refractivity contribution in [1.82, 2.24) is 5.32 Å². The third kappa shape index (κ3) is 2.51. The summed E-state index contributed by atoms with van der Waals surface area (Å²) in [6.07, 6.45) is 0.213. The van der Waals surface area contributed by atoms with E-state index in [4.69, 9.17) is 5.73 Å². The Labute approximate surface area is 93.8 Å². The van der Waals surface area contributed by atoms with Crippen LogP contribution in [0.15, 0.2) is 0 Å². The van der Waals surface area contributed by atoms with Gasteiger partial charge >= 0.3 is 6.18 Å². The lowest BCUT2D eigenvalue weighted by Crippen LogP contribution is -2.47. The third-order valence-electron chi connectivity index (χ3n) is 3.91. The van der Waals surface area contributed by atoms with E-state index in [0.29, 0.717) is 12.5 Å². The number of hydrogen-bond acceptors (Lipinski definition) is 2. The summed E-state index contributed by atoms with van der Waals surface area (Å²) in [6, 6.07) is 0.258. The maximum atomic E-state index is 12.6. The van der Waals surface area contributed by atoms with E-state index in [-0.39, 0.29) is 18.9 Å². The lowest BCUT2D eigenvalue weighted by molar-refractivity contribution is -0.166. The van der Waals surface area contributed by atoms with Crippen molar-refractivity contribution < 1.29 is 13.2 Å². The molecule has 0 atom stereocenters. The number of halogens is 3. The molecule has 0 amide bonds. The molecule has 0 bridgehead atoms. The molecule has 0 aromatic carbocycles. The smallest absolute Gasteiger partial charge is 0.328 e. The van der Waals surface area contributed by atoms with Crippen molar-refractivity contribution in [3.8, 4) is 0 Å². The molecule has 0 heterocycles. The molecule has 2 fully saturated rings. The van der Waals surface area contributed by atoms with Crippen molar-refractivity contribution in [2.24, 2.45) is 11.7 Å². The van der Waals surface area contributed by atoms with Crippen molar-refractivity contribution in [2.45, 2.75) is 56.3 Å². The molecule has 16 heavy (non-hydrogen) atoms. The van der Waals surface area contributed by atoms with Crippen molar-refractivity contribution >= 4 is 0 Å². The van der Waals surface area contributed by atoms with E-state index in [1.54, 1.807) is 0 Å². The molecule has 2 saturated carbocycles. The highest BCUT2D eigenvalue weighted by Gasteiger charge is 2.63. The van der Waals surface area contributed by atoms with E-state index in [9.17, 15) is 13.2 Å². The Morgan fingerprint density at radius 3 is 2.12 bits per heavy atom. The Balaban J connectivity index is 1.76. The zero-order chi connectivity index (χ0) is 11.8. The normalized spacial score (nSPS) is 33.8. The summed E-state index contributed by atoms with van der Waals surface area (Å²) in [4.78, 5) is 0. The summed E-state index contributed by atoms with van der Waals surface area (Å²) >= 11 is 0. The molecule has 5 heteroatoms. The zero-order valence-electron chi connectivity index (χ0n) is 9.32. The summed E-state index contributed by atoms with van der Waals surface area (Å²) in [6.45, 7) is 0.492. The number of nitrogens with one attached hydrogen (secondary N) is 1. The highest BCUT2D eigenvalue weighted by atomic mass is 19.4. The quantitative estimate of drug-likeness (QED) is 0.788. The van der Waals surface area contributed by atoms with Crippen LogP contribution in [-0.2, 0) is 0 Å². The maximum absolute atomic E-state index is 12.6. The monoisotopic (exact) mass is 236 g/mol. The Bertz CT molecular complexity index is 240. The number of rotatable bonds is 3. The SMILES string of the molecule is NC1CCC(CNC2(C(F)(F)F)CC2)CC1. The van der Waals surface area contributed by atoms with E-state index in [0.717, 1.165) is 25.7 Å². The topological polar surface area (TPSA) is 38.0 Å². The first-order valence-corrected chi connectivity index (χ1v) is 6.00. The van der Waals surface area contributed by atoms with Crippen LogP contribution in [0.25, 0.3) is 0 Å². The molecule has 2 rings (SSSR count). The fraction of sp³-hybridized carbons (Fsp3) is 1.00. The standard InChI is InChI=1S/C11H19F3N2/c12-11(13,14)10(5-6-10)16-7-8-1-3-9(15)4-2-8/h8-9,16H,1-7,15H2. The summed E-state index contributed by atoms with van der Waals surface area (Å²) < 4.78 is 37.9. The van der Waals surface area contributed by atoms with Gasteiger partial charge in [-0.1, -0.05) is 0 Å². The molecule has 0 unspecified atom stereocenters. The van der Waals surface area contributed by atoms with Gasteiger partial charge < -0.3 is 11.1 Å². The Morgan fingerprint density at radius 1 is 1.12 bits per heavy atom. The molecule has 2 nitrogen and oxygen atoms in total. The second kappa shape index (κ2) is 4.18. The van der Waals surface area contributed by atoms with Crippen LogP contribution in [0.3, 0.4) is 0 Å². The third-order valence-corrected chi connectivity index (χ3v) is 3.91. The van der Waals surface area contributed by atoms with Gasteiger partial charge in [0.05, 0.1) is 0 Å². The Kier molecular flexibility index (Phi) is 3.18. The molecule has 0 saturated heterocycles. The van der Waals surface area contributed by atoms with E-state index in [1.165, 1.54) is 0 Å². The minimum atomic E-state index is -4.09. The highest BCUT2D eigenvalue weighted by Crippen LogP contribution is 2.49. The minimum Gasteiger partial charge on any atom is -0.328 e. The van der Waals surface area contributed by atoms with Crippen LogP contribution in [0.4, 0.5) is 13.2 Å². The van der Waals surface area contributed by atoms with Crippen LogP contribution < -0.4 is 11.1 Å². The predicted octanol–water partition coefficient (Wildman–Crippen LogP) is 2.19. The van der Waals surface area contributed by atoms with Crippen LogP contribution in [-0.4, -0.2) is 24.3 Å². The van der Waals surface area contributed by atoms with E-state index >= 15 is 0 Å². The van der Waals surface area contributed by atoms with Crippen molar-refractivity contribution in [1.29, 1.82) is 0 Å². The van der Waals surface area contributed by atoms with Crippen LogP contribution in [0.1, 0.15) is 38.5 Å². The van der Waals surface area contributed by atoms with E-state index in [2.05, 4.69) is 5.32 Å². The van der Waals surface area contributed by atoms with Crippen molar-refractivity contribution in [2.75, 3.05) is 6.54 Å². The fourth-order valence-corrected chi connectivity index (χ4v) is 2.42. The second-order valence-electron chi connectivity index (χ2n) is 5.24. The molecule has 0 radical (unpaired) electrons. The van der Waals surface area contributed by atoms with Crippen LogP contribution in [0, 0.1) is 5.92 Å². The largest absolute Gasteiger partial charge is 0.406 e. The van der Waals surface area contributed by atoms with Crippen molar-refractivity contribution in [3.63, 3.8) is 0 Å². The van der Waals surface area contributed by atoms with Crippen LogP contribution >= 0.6 is 0 Å². The van der Waals surface area contributed by atoms with Crippen LogP contribution in [0.2, 0.25) is 0 Å². The van der Waals surface area contributed by atoms with Gasteiger partial charge in [0.1, 0.15) is 5.54 Å².